The van der Waals surface area contributed by atoms with Crippen LogP contribution in [0.15, 0.2) is 24.3 Å². The second kappa shape index (κ2) is 9.56. The molecule has 4 nitrogen and oxygen atoms in total. The van der Waals surface area contributed by atoms with Crippen LogP contribution < -0.4 is 5.32 Å². The number of rotatable bonds is 8. The van der Waals surface area contributed by atoms with Gasteiger partial charge >= 0.3 is 0 Å². The maximum Gasteiger partial charge on any atom is 0.243 e. The van der Waals surface area contributed by atoms with Crippen molar-refractivity contribution in [3.8, 4) is 0 Å². The van der Waals surface area contributed by atoms with Gasteiger partial charge in [0.15, 0.2) is 0 Å². The topological polar surface area (TPSA) is 49.4 Å². The third-order valence-electron chi connectivity index (χ3n) is 3.99. The average Bonchev–Trinajstić information content (AvgIpc) is 2.55. The molecule has 0 bridgehead atoms. The van der Waals surface area contributed by atoms with Gasteiger partial charge in [-0.05, 0) is 31.4 Å². The van der Waals surface area contributed by atoms with Crippen LogP contribution >= 0.6 is 11.6 Å². The Morgan fingerprint density at radius 2 is 1.83 bits per heavy atom. The first kappa shape index (κ1) is 19.5. The van der Waals surface area contributed by atoms with Crippen LogP contribution in [-0.4, -0.2) is 28.8 Å². The molecule has 1 aromatic rings. The number of amides is 2. The van der Waals surface area contributed by atoms with Crippen LogP contribution in [0.25, 0.3) is 0 Å². The third-order valence-corrected chi connectivity index (χ3v) is 4.36. The zero-order chi connectivity index (χ0) is 17.4. The minimum atomic E-state index is -0.479. The molecular weight excluding hydrogens is 312 g/mol. The summed E-state index contributed by atoms with van der Waals surface area (Å²) in [5.41, 5.74) is 0.853. The van der Waals surface area contributed by atoms with E-state index in [0.29, 0.717) is 24.4 Å². The van der Waals surface area contributed by atoms with Gasteiger partial charge < -0.3 is 10.2 Å². The van der Waals surface area contributed by atoms with Crippen LogP contribution in [0.1, 0.15) is 52.5 Å². The van der Waals surface area contributed by atoms with E-state index in [9.17, 15) is 9.59 Å². The van der Waals surface area contributed by atoms with Crippen LogP contribution in [0.2, 0.25) is 5.02 Å². The highest BCUT2D eigenvalue weighted by atomic mass is 35.5. The molecule has 0 aliphatic carbocycles. The van der Waals surface area contributed by atoms with Crippen molar-refractivity contribution in [2.24, 2.45) is 0 Å². The van der Waals surface area contributed by atoms with Crippen molar-refractivity contribution in [2.45, 2.75) is 65.6 Å². The molecule has 23 heavy (non-hydrogen) atoms. The molecule has 0 aliphatic heterocycles. The van der Waals surface area contributed by atoms with E-state index in [2.05, 4.69) is 5.32 Å². The lowest BCUT2D eigenvalue weighted by Crippen LogP contribution is -2.50. The largest absolute Gasteiger partial charge is 0.352 e. The number of carbonyl (C=O) groups is 2. The summed E-state index contributed by atoms with van der Waals surface area (Å²) in [6, 6.07) is 7.03. The fourth-order valence-corrected chi connectivity index (χ4v) is 2.57. The summed E-state index contributed by atoms with van der Waals surface area (Å²) in [7, 11) is 0. The van der Waals surface area contributed by atoms with Gasteiger partial charge in [0, 0.05) is 24.0 Å². The minimum absolute atomic E-state index is 0.0453. The van der Waals surface area contributed by atoms with E-state index in [1.165, 1.54) is 0 Å². The van der Waals surface area contributed by atoms with E-state index in [1.54, 1.807) is 17.9 Å². The monoisotopic (exact) mass is 338 g/mol. The number of carbonyl (C=O) groups excluding carboxylic acids is 2. The van der Waals surface area contributed by atoms with Gasteiger partial charge in [-0.1, -0.05) is 50.6 Å². The molecule has 0 saturated carbocycles. The molecule has 1 rings (SSSR count). The Morgan fingerprint density at radius 1 is 1.17 bits per heavy atom. The molecule has 2 atom stereocenters. The highest BCUT2D eigenvalue weighted by molar-refractivity contribution is 6.31. The summed E-state index contributed by atoms with van der Waals surface area (Å²) in [6.07, 6.45) is 1.78. The molecule has 0 heterocycles. The molecule has 0 aromatic heterocycles. The highest BCUT2D eigenvalue weighted by Crippen LogP contribution is 2.20. The second-order valence-electron chi connectivity index (χ2n) is 5.71. The van der Waals surface area contributed by atoms with Crippen LogP contribution in [0, 0.1) is 0 Å². The zero-order valence-electron chi connectivity index (χ0n) is 14.4. The molecule has 5 heteroatoms. The number of nitrogens with zero attached hydrogens (tertiary/aromatic N) is 1. The molecular formula is C18H27ClN2O2. The Bertz CT molecular complexity index is 534. The Labute approximate surface area is 144 Å². The summed E-state index contributed by atoms with van der Waals surface area (Å²) in [5.74, 6) is -0.147. The van der Waals surface area contributed by atoms with Crippen molar-refractivity contribution in [3.63, 3.8) is 0 Å². The Hall–Kier alpha value is -1.55. The SMILES string of the molecule is CCC(=O)N(Cc1ccccc1Cl)C(CC)C(=O)NC(C)CC. The minimum Gasteiger partial charge on any atom is -0.352 e. The Balaban J connectivity index is 3.01. The number of hydrogen-bond donors (Lipinski definition) is 1. The van der Waals surface area contributed by atoms with Crippen molar-refractivity contribution < 1.29 is 9.59 Å². The molecule has 0 aliphatic rings. The van der Waals surface area contributed by atoms with Crippen LogP contribution in [-0.2, 0) is 16.1 Å². The molecule has 0 saturated heterocycles. The molecule has 0 fully saturated rings. The normalized spacial score (nSPS) is 13.3. The lowest BCUT2D eigenvalue weighted by Gasteiger charge is -2.31. The van der Waals surface area contributed by atoms with E-state index < -0.39 is 6.04 Å². The van der Waals surface area contributed by atoms with Gasteiger partial charge in [-0.15, -0.1) is 0 Å². The van der Waals surface area contributed by atoms with Crippen molar-refractivity contribution in [1.29, 1.82) is 0 Å². The van der Waals surface area contributed by atoms with E-state index in [4.69, 9.17) is 11.6 Å². The summed E-state index contributed by atoms with van der Waals surface area (Å²) in [6.45, 7) is 8.05. The first-order chi connectivity index (χ1) is 10.9. The standard InChI is InChI=1S/C18H27ClN2O2/c1-5-13(4)20-18(23)16(6-2)21(17(22)7-3)12-14-10-8-9-11-15(14)19/h8-11,13,16H,5-7,12H2,1-4H3,(H,20,23). The summed E-state index contributed by atoms with van der Waals surface area (Å²) in [5, 5.41) is 3.58. The number of nitrogens with one attached hydrogen (secondary N) is 1. The third kappa shape index (κ3) is 5.54. The van der Waals surface area contributed by atoms with Crippen molar-refractivity contribution in [2.75, 3.05) is 0 Å². The van der Waals surface area contributed by atoms with Gasteiger partial charge in [0.25, 0.3) is 0 Å². The highest BCUT2D eigenvalue weighted by Gasteiger charge is 2.28. The first-order valence-electron chi connectivity index (χ1n) is 8.27. The first-order valence-corrected chi connectivity index (χ1v) is 8.65. The fourth-order valence-electron chi connectivity index (χ4n) is 2.37. The second-order valence-corrected chi connectivity index (χ2v) is 6.12. The Kier molecular flexibility index (Phi) is 8.10. The lowest BCUT2D eigenvalue weighted by molar-refractivity contribution is -0.141. The fraction of sp³-hybridized carbons (Fsp3) is 0.556. The number of halogens is 1. The maximum absolute atomic E-state index is 12.5. The van der Waals surface area contributed by atoms with Crippen LogP contribution in [0.4, 0.5) is 0 Å². The quantitative estimate of drug-likeness (QED) is 0.784. The van der Waals surface area contributed by atoms with E-state index in [0.717, 1.165) is 12.0 Å². The van der Waals surface area contributed by atoms with E-state index in [-0.39, 0.29) is 17.9 Å². The van der Waals surface area contributed by atoms with Gasteiger partial charge in [0.1, 0.15) is 6.04 Å². The molecule has 1 aromatic carbocycles. The molecule has 2 amide bonds. The predicted octanol–water partition coefficient (Wildman–Crippen LogP) is 3.77. The molecule has 128 valence electrons. The number of benzene rings is 1. The van der Waals surface area contributed by atoms with Crippen molar-refractivity contribution in [1.82, 2.24) is 10.2 Å². The van der Waals surface area contributed by atoms with Gasteiger partial charge in [-0.3, -0.25) is 9.59 Å². The zero-order valence-corrected chi connectivity index (χ0v) is 15.2. The smallest absolute Gasteiger partial charge is 0.243 e. The molecule has 0 radical (unpaired) electrons. The average molecular weight is 339 g/mol. The van der Waals surface area contributed by atoms with Gasteiger partial charge in [-0.25, -0.2) is 0 Å². The summed E-state index contributed by atoms with van der Waals surface area (Å²) in [4.78, 5) is 26.6. The van der Waals surface area contributed by atoms with Gasteiger partial charge in [0.05, 0.1) is 0 Å². The Morgan fingerprint density at radius 3 is 2.35 bits per heavy atom. The maximum atomic E-state index is 12.5. The summed E-state index contributed by atoms with van der Waals surface area (Å²) < 4.78 is 0. The van der Waals surface area contributed by atoms with Crippen LogP contribution in [0.5, 0.6) is 0 Å². The molecule has 2 unspecified atom stereocenters. The number of hydrogen-bond acceptors (Lipinski definition) is 2. The van der Waals surface area contributed by atoms with Crippen molar-refractivity contribution >= 4 is 23.4 Å². The van der Waals surface area contributed by atoms with Crippen LogP contribution in [0.3, 0.4) is 0 Å². The van der Waals surface area contributed by atoms with E-state index >= 15 is 0 Å². The van der Waals surface area contributed by atoms with Gasteiger partial charge in [-0.2, -0.15) is 0 Å². The molecule has 0 spiro atoms. The van der Waals surface area contributed by atoms with Crippen molar-refractivity contribution in [3.05, 3.63) is 34.9 Å². The van der Waals surface area contributed by atoms with E-state index in [1.807, 2.05) is 39.0 Å². The predicted molar refractivity (Wildman–Crippen MR) is 94.3 cm³/mol. The summed E-state index contributed by atoms with van der Waals surface area (Å²) >= 11 is 6.21. The van der Waals surface area contributed by atoms with Gasteiger partial charge in [0.2, 0.25) is 11.8 Å². The molecule has 1 N–H and O–H groups in total. The lowest BCUT2D eigenvalue weighted by atomic mass is 10.1.